The Labute approximate surface area is 96.7 Å². The molecule has 85 valence electrons. The van der Waals surface area contributed by atoms with E-state index >= 15 is 0 Å². The summed E-state index contributed by atoms with van der Waals surface area (Å²) < 4.78 is 5.48. The molecule has 0 saturated carbocycles. The van der Waals surface area contributed by atoms with Crippen LogP contribution in [-0.4, -0.2) is 18.2 Å². The van der Waals surface area contributed by atoms with Crippen molar-refractivity contribution in [2.75, 3.05) is 13.2 Å². The number of hydrogen-bond donors (Lipinski definition) is 0. The summed E-state index contributed by atoms with van der Waals surface area (Å²) in [5.41, 5.74) is 3.14. The van der Waals surface area contributed by atoms with E-state index in [1.54, 1.807) is 11.3 Å². The van der Waals surface area contributed by atoms with E-state index in [-0.39, 0.29) is 0 Å². The maximum Gasteiger partial charge on any atom is 0.0794 e. The van der Waals surface area contributed by atoms with Gasteiger partial charge in [-0.3, -0.25) is 0 Å². The van der Waals surface area contributed by atoms with Crippen LogP contribution in [0.5, 0.6) is 0 Å². The molecule has 0 N–H and O–H groups in total. The third kappa shape index (κ3) is 6.63. The topological polar surface area (TPSA) is 22.1 Å². The van der Waals surface area contributed by atoms with Gasteiger partial charge in [-0.1, -0.05) is 20.3 Å². The third-order valence-electron chi connectivity index (χ3n) is 2.10. The minimum Gasteiger partial charge on any atom is -0.381 e. The van der Waals surface area contributed by atoms with E-state index in [0.29, 0.717) is 0 Å². The van der Waals surface area contributed by atoms with Crippen LogP contribution in [0.1, 0.15) is 38.8 Å². The summed E-state index contributed by atoms with van der Waals surface area (Å²) in [5, 5.41) is 2.13. The molecule has 3 heteroatoms. The van der Waals surface area contributed by atoms with E-state index in [9.17, 15) is 0 Å². The molecule has 1 aromatic heterocycles. The monoisotopic (exact) mass is 226 g/mol. The Morgan fingerprint density at radius 2 is 2.20 bits per heavy atom. The number of aromatic nitrogens is 1. The van der Waals surface area contributed by atoms with Crippen molar-refractivity contribution < 1.29 is 4.74 Å². The van der Waals surface area contributed by atoms with Crippen molar-refractivity contribution in [3.63, 3.8) is 0 Å². The zero-order valence-electron chi connectivity index (χ0n) is 9.66. The molecule has 2 nitrogen and oxygen atoms in total. The van der Waals surface area contributed by atoms with E-state index in [2.05, 4.69) is 24.2 Å². The Morgan fingerprint density at radius 3 is 2.87 bits per heavy atom. The molecule has 0 saturated heterocycles. The molecule has 1 rings (SSSR count). The van der Waals surface area contributed by atoms with Crippen molar-refractivity contribution in [3.8, 4) is 0 Å². The summed E-state index contributed by atoms with van der Waals surface area (Å²) >= 11 is 1.68. The Bertz CT molecular complexity index is 234. The minimum absolute atomic E-state index is 0.812. The average Bonchev–Trinajstić information content (AvgIpc) is 2.68. The Kier molecular flexibility index (Phi) is 6.60. The quantitative estimate of drug-likeness (QED) is 0.633. The number of aryl methyl sites for hydroxylation is 1. The second-order valence-electron chi connectivity index (χ2n) is 4.05. The predicted molar refractivity (Wildman–Crippen MR) is 65.1 cm³/mol. The van der Waals surface area contributed by atoms with Gasteiger partial charge in [0.05, 0.1) is 17.8 Å². The van der Waals surface area contributed by atoms with Crippen molar-refractivity contribution in [2.24, 2.45) is 0 Å². The van der Waals surface area contributed by atoms with Crippen LogP contribution >= 0.6 is 11.3 Å². The highest BCUT2D eigenvalue weighted by atomic mass is 32.1. The second-order valence-corrected chi connectivity index (χ2v) is 4.77. The Hall–Kier alpha value is -0.410. The highest BCUT2D eigenvalue weighted by Crippen LogP contribution is 2.07. The summed E-state index contributed by atoms with van der Waals surface area (Å²) in [5.74, 6) is 1.34. The standard InChI is InChI=1S/C12H20NOS/c1-11(2)8-14-7-5-3-4-6-12-9-15-10-13-12/h9-10H,3-8H2,1-2H3. The SMILES string of the molecule is C[C](C)COCCCCCc1cscn1. The van der Waals surface area contributed by atoms with E-state index in [4.69, 9.17) is 4.74 Å². The molecule has 0 spiro atoms. The summed E-state index contributed by atoms with van der Waals surface area (Å²) in [6.45, 7) is 5.90. The van der Waals surface area contributed by atoms with Crippen LogP contribution in [-0.2, 0) is 11.2 Å². The van der Waals surface area contributed by atoms with Crippen molar-refractivity contribution in [1.82, 2.24) is 4.98 Å². The van der Waals surface area contributed by atoms with Gasteiger partial charge in [-0.15, -0.1) is 11.3 Å². The first-order valence-electron chi connectivity index (χ1n) is 5.53. The van der Waals surface area contributed by atoms with E-state index in [1.165, 1.54) is 24.5 Å². The fraction of sp³-hybridized carbons (Fsp3) is 0.667. The molecule has 0 atom stereocenters. The van der Waals surface area contributed by atoms with Crippen molar-refractivity contribution >= 4 is 11.3 Å². The van der Waals surface area contributed by atoms with Gasteiger partial charge in [0.15, 0.2) is 0 Å². The maximum atomic E-state index is 5.48. The molecule has 0 aliphatic rings. The van der Waals surface area contributed by atoms with Gasteiger partial charge in [-0.2, -0.15) is 0 Å². The summed E-state index contributed by atoms with van der Waals surface area (Å²) in [6, 6.07) is 0. The molecular weight excluding hydrogens is 206 g/mol. The van der Waals surface area contributed by atoms with Gasteiger partial charge in [0.1, 0.15) is 0 Å². The van der Waals surface area contributed by atoms with Crippen LogP contribution < -0.4 is 0 Å². The zero-order chi connectivity index (χ0) is 10.9. The smallest absolute Gasteiger partial charge is 0.0794 e. The van der Waals surface area contributed by atoms with Gasteiger partial charge < -0.3 is 4.74 Å². The van der Waals surface area contributed by atoms with Crippen molar-refractivity contribution in [2.45, 2.75) is 39.5 Å². The number of rotatable bonds is 8. The fourth-order valence-electron chi connectivity index (χ4n) is 1.32. The van der Waals surface area contributed by atoms with Gasteiger partial charge in [-0.05, 0) is 25.2 Å². The molecule has 1 radical (unpaired) electrons. The van der Waals surface area contributed by atoms with E-state index in [1.807, 2.05) is 5.51 Å². The Balaban J connectivity index is 1.85. The zero-order valence-corrected chi connectivity index (χ0v) is 10.5. The predicted octanol–water partition coefficient (Wildman–Crippen LogP) is 3.49. The van der Waals surface area contributed by atoms with Gasteiger partial charge >= 0.3 is 0 Å². The minimum atomic E-state index is 0.812. The number of hydrogen-bond acceptors (Lipinski definition) is 3. The molecule has 0 unspecified atom stereocenters. The lowest BCUT2D eigenvalue weighted by molar-refractivity contribution is 0.140. The lowest BCUT2D eigenvalue weighted by Gasteiger charge is -2.05. The first kappa shape index (κ1) is 12.7. The summed E-state index contributed by atoms with van der Waals surface area (Å²) in [4.78, 5) is 4.26. The number of unbranched alkanes of at least 4 members (excludes halogenated alkanes) is 2. The largest absolute Gasteiger partial charge is 0.381 e. The highest BCUT2D eigenvalue weighted by Gasteiger charge is 1.96. The molecule has 0 aliphatic carbocycles. The van der Waals surface area contributed by atoms with Crippen molar-refractivity contribution in [3.05, 3.63) is 22.5 Å². The number of thiazole rings is 1. The lowest BCUT2D eigenvalue weighted by Crippen LogP contribution is -2.01. The van der Waals surface area contributed by atoms with Gasteiger partial charge in [-0.25, -0.2) is 4.98 Å². The van der Waals surface area contributed by atoms with Crippen LogP contribution in [0.2, 0.25) is 0 Å². The molecule has 0 bridgehead atoms. The van der Waals surface area contributed by atoms with E-state index < -0.39 is 0 Å². The number of nitrogens with zero attached hydrogens (tertiary/aromatic N) is 1. The van der Waals surface area contributed by atoms with Crippen molar-refractivity contribution in [1.29, 1.82) is 0 Å². The third-order valence-corrected chi connectivity index (χ3v) is 2.73. The molecule has 0 amide bonds. The molecular formula is C12H20NOS. The van der Waals surface area contributed by atoms with Gasteiger partial charge in [0, 0.05) is 12.0 Å². The van der Waals surface area contributed by atoms with Crippen LogP contribution in [0, 0.1) is 5.92 Å². The van der Waals surface area contributed by atoms with Crippen LogP contribution in [0.25, 0.3) is 0 Å². The molecule has 1 heterocycles. The molecule has 0 aliphatic heterocycles. The summed E-state index contributed by atoms with van der Waals surface area (Å²) in [7, 11) is 0. The van der Waals surface area contributed by atoms with Gasteiger partial charge in [0.2, 0.25) is 0 Å². The molecule has 15 heavy (non-hydrogen) atoms. The fourth-order valence-corrected chi connectivity index (χ4v) is 1.92. The first-order valence-corrected chi connectivity index (χ1v) is 6.47. The normalized spacial score (nSPS) is 11.1. The second kappa shape index (κ2) is 7.83. The van der Waals surface area contributed by atoms with Crippen LogP contribution in [0.3, 0.4) is 0 Å². The number of ether oxygens (including phenoxy) is 1. The Morgan fingerprint density at radius 1 is 1.33 bits per heavy atom. The van der Waals surface area contributed by atoms with Crippen LogP contribution in [0.4, 0.5) is 0 Å². The molecule has 0 aromatic carbocycles. The van der Waals surface area contributed by atoms with Gasteiger partial charge in [0.25, 0.3) is 0 Å². The molecule has 1 aromatic rings. The summed E-state index contributed by atoms with van der Waals surface area (Å²) in [6.07, 6.45) is 4.74. The maximum absolute atomic E-state index is 5.48. The first-order chi connectivity index (χ1) is 7.29. The highest BCUT2D eigenvalue weighted by molar-refractivity contribution is 7.07. The van der Waals surface area contributed by atoms with E-state index in [0.717, 1.165) is 26.1 Å². The lowest BCUT2D eigenvalue weighted by atomic mass is 10.2. The molecule has 0 fully saturated rings. The average molecular weight is 226 g/mol. The van der Waals surface area contributed by atoms with Crippen LogP contribution in [0.15, 0.2) is 10.9 Å².